The van der Waals surface area contributed by atoms with E-state index in [1.807, 2.05) is 13.8 Å². The van der Waals surface area contributed by atoms with Crippen molar-refractivity contribution in [3.05, 3.63) is 41.7 Å². The quantitative estimate of drug-likeness (QED) is 0.777. The molecule has 0 fully saturated rings. The number of hydrogen-bond donors (Lipinski definition) is 0. The molecule has 0 radical (unpaired) electrons. The number of aromatic nitrogens is 2. The van der Waals surface area contributed by atoms with Crippen LogP contribution >= 0.6 is 11.8 Å². The first kappa shape index (κ1) is 11.7. The molecule has 0 aliphatic heterocycles. The molecule has 0 N–H and O–H groups in total. The maximum atomic E-state index is 8.80. The molecule has 0 unspecified atom stereocenters. The predicted molar refractivity (Wildman–Crippen MR) is 64.5 cm³/mol. The Labute approximate surface area is 104 Å². The minimum absolute atomic E-state index is 0.0742. The van der Waals surface area contributed by atoms with E-state index >= 15 is 0 Å². The minimum atomic E-state index is 0.0742. The molecule has 4 nitrogen and oxygen atoms in total. The van der Waals surface area contributed by atoms with Crippen LogP contribution in [0.5, 0.6) is 0 Å². The molecule has 0 spiro atoms. The average molecular weight is 245 g/mol. The third-order valence-electron chi connectivity index (χ3n) is 2.15. The van der Waals surface area contributed by atoms with Crippen molar-refractivity contribution in [2.45, 2.75) is 24.1 Å². The Hall–Kier alpha value is -1.80. The van der Waals surface area contributed by atoms with Crippen LogP contribution in [0.1, 0.15) is 29.4 Å². The lowest BCUT2D eigenvalue weighted by Crippen LogP contribution is -1.90. The maximum absolute atomic E-state index is 8.80. The van der Waals surface area contributed by atoms with Gasteiger partial charge >= 0.3 is 0 Å². The normalized spacial score (nSPS) is 12.1. The van der Waals surface area contributed by atoms with Gasteiger partial charge in [-0.15, -0.1) is 0 Å². The predicted octanol–water partition coefficient (Wildman–Crippen LogP) is 3.10. The zero-order valence-electron chi connectivity index (χ0n) is 9.54. The summed E-state index contributed by atoms with van der Waals surface area (Å²) in [4.78, 5) is 8.38. The first-order valence-electron chi connectivity index (χ1n) is 5.14. The van der Waals surface area contributed by atoms with Crippen LogP contribution in [0.25, 0.3) is 0 Å². The lowest BCUT2D eigenvalue weighted by Gasteiger charge is -2.06. The van der Waals surface area contributed by atoms with Crippen LogP contribution < -0.4 is 0 Å². The van der Waals surface area contributed by atoms with Crippen molar-refractivity contribution in [1.82, 2.24) is 9.97 Å². The molecule has 86 valence electrons. The van der Waals surface area contributed by atoms with E-state index < -0.39 is 0 Å². The number of thioether (sulfide) groups is 1. The van der Waals surface area contributed by atoms with Gasteiger partial charge < -0.3 is 4.42 Å². The van der Waals surface area contributed by atoms with E-state index in [4.69, 9.17) is 9.68 Å². The zero-order valence-corrected chi connectivity index (χ0v) is 10.4. The second-order valence-corrected chi connectivity index (χ2v) is 4.92. The van der Waals surface area contributed by atoms with E-state index in [0.717, 1.165) is 10.8 Å². The van der Waals surface area contributed by atoms with Gasteiger partial charge in [-0.3, -0.25) is 0 Å². The zero-order chi connectivity index (χ0) is 12.3. The van der Waals surface area contributed by atoms with Gasteiger partial charge in [-0.05, 0) is 26.0 Å². The van der Waals surface area contributed by atoms with E-state index in [1.165, 1.54) is 11.8 Å². The van der Waals surface area contributed by atoms with Crippen molar-refractivity contribution < 1.29 is 4.42 Å². The molecule has 1 atom stereocenters. The monoisotopic (exact) mass is 245 g/mol. The van der Waals surface area contributed by atoms with Crippen LogP contribution in [0.15, 0.2) is 34.0 Å². The van der Waals surface area contributed by atoms with Crippen LogP contribution in [0.2, 0.25) is 0 Å². The molecule has 0 bridgehead atoms. The molecule has 2 heterocycles. The van der Waals surface area contributed by atoms with Gasteiger partial charge in [-0.1, -0.05) is 11.8 Å². The SMILES string of the molecule is Cc1cnc([C@H](C)Sc2cc(C#N)ccn2)o1. The molecule has 0 aliphatic carbocycles. The Balaban J connectivity index is 2.13. The highest BCUT2D eigenvalue weighted by Gasteiger charge is 2.13. The Morgan fingerprint density at radius 2 is 2.29 bits per heavy atom. The number of nitrogens with zero attached hydrogens (tertiary/aromatic N) is 3. The summed E-state index contributed by atoms with van der Waals surface area (Å²) < 4.78 is 5.45. The third-order valence-corrected chi connectivity index (χ3v) is 3.17. The van der Waals surface area contributed by atoms with Crippen molar-refractivity contribution in [2.24, 2.45) is 0 Å². The second kappa shape index (κ2) is 5.02. The van der Waals surface area contributed by atoms with Crippen LogP contribution in [0, 0.1) is 18.3 Å². The van der Waals surface area contributed by atoms with Gasteiger partial charge in [0.1, 0.15) is 5.76 Å². The lowest BCUT2D eigenvalue weighted by atomic mass is 10.3. The molecule has 0 amide bonds. The summed E-state index contributed by atoms with van der Waals surface area (Å²) in [6.45, 7) is 3.86. The highest BCUT2D eigenvalue weighted by molar-refractivity contribution is 7.99. The van der Waals surface area contributed by atoms with Crippen LogP contribution in [0.3, 0.4) is 0 Å². The van der Waals surface area contributed by atoms with Crippen LogP contribution in [-0.4, -0.2) is 9.97 Å². The van der Waals surface area contributed by atoms with E-state index in [9.17, 15) is 0 Å². The van der Waals surface area contributed by atoms with Crippen molar-refractivity contribution in [3.63, 3.8) is 0 Å². The number of oxazole rings is 1. The van der Waals surface area contributed by atoms with E-state index in [1.54, 1.807) is 24.5 Å². The highest BCUT2D eigenvalue weighted by atomic mass is 32.2. The van der Waals surface area contributed by atoms with Gasteiger partial charge in [-0.25, -0.2) is 9.97 Å². The van der Waals surface area contributed by atoms with Gasteiger partial charge in [0.15, 0.2) is 0 Å². The average Bonchev–Trinajstić information content (AvgIpc) is 2.76. The second-order valence-electron chi connectivity index (χ2n) is 3.56. The molecule has 5 heteroatoms. The number of nitriles is 1. The summed E-state index contributed by atoms with van der Waals surface area (Å²) >= 11 is 1.52. The van der Waals surface area contributed by atoms with E-state index in [2.05, 4.69) is 16.0 Å². The van der Waals surface area contributed by atoms with Crippen LogP contribution in [0.4, 0.5) is 0 Å². The van der Waals surface area contributed by atoms with Crippen molar-refractivity contribution in [3.8, 4) is 6.07 Å². The minimum Gasteiger partial charge on any atom is -0.445 e. The Kier molecular flexibility index (Phi) is 3.45. The largest absolute Gasteiger partial charge is 0.445 e. The standard InChI is InChI=1S/C12H11N3OS/c1-8-7-15-12(16-8)9(2)17-11-5-10(6-13)3-4-14-11/h3-5,7,9H,1-2H3/t9-/m0/s1. The Bertz CT molecular complexity index is 559. The first-order chi connectivity index (χ1) is 8.19. The van der Waals surface area contributed by atoms with Gasteiger partial charge in [0.25, 0.3) is 0 Å². The lowest BCUT2D eigenvalue weighted by molar-refractivity contribution is 0.474. The fraction of sp³-hybridized carbons (Fsp3) is 0.250. The molecule has 0 aromatic carbocycles. The van der Waals surface area contributed by atoms with Gasteiger partial charge in [-0.2, -0.15) is 5.26 Å². The van der Waals surface area contributed by atoms with Crippen LogP contribution in [-0.2, 0) is 0 Å². The number of aryl methyl sites for hydroxylation is 1. The summed E-state index contributed by atoms with van der Waals surface area (Å²) in [5.74, 6) is 1.47. The fourth-order valence-corrected chi connectivity index (χ4v) is 2.22. The van der Waals surface area contributed by atoms with E-state index in [-0.39, 0.29) is 5.25 Å². The highest BCUT2D eigenvalue weighted by Crippen LogP contribution is 2.33. The smallest absolute Gasteiger partial charge is 0.207 e. The molecule has 0 saturated heterocycles. The molecule has 2 rings (SSSR count). The van der Waals surface area contributed by atoms with E-state index in [0.29, 0.717) is 11.5 Å². The maximum Gasteiger partial charge on any atom is 0.207 e. The number of hydrogen-bond acceptors (Lipinski definition) is 5. The van der Waals surface area contributed by atoms with Gasteiger partial charge in [0.05, 0.1) is 28.1 Å². The molecule has 17 heavy (non-hydrogen) atoms. The van der Waals surface area contributed by atoms with Gasteiger partial charge in [0, 0.05) is 6.20 Å². The molecular formula is C12H11N3OS. The van der Waals surface area contributed by atoms with Gasteiger partial charge in [0.2, 0.25) is 5.89 Å². The molecular weight excluding hydrogens is 234 g/mol. The number of rotatable bonds is 3. The molecule has 2 aromatic rings. The Morgan fingerprint density at radius 1 is 1.47 bits per heavy atom. The summed E-state index contributed by atoms with van der Waals surface area (Å²) in [5, 5.41) is 9.67. The first-order valence-corrected chi connectivity index (χ1v) is 6.02. The number of pyridine rings is 1. The topological polar surface area (TPSA) is 62.7 Å². The summed E-state index contributed by atoms with van der Waals surface area (Å²) in [6, 6.07) is 5.54. The van der Waals surface area contributed by atoms with Crippen molar-refractivity contribution >= 4 is 11.8 Å². The molecule has 2 aromatic heterocycles. The Morgan fingerprint density at radius 3 is 2.94 bits per heavy atom. The van der Waals surface area contributed by atoms with Crippen molar-refractivity contribution in [1.29, 1.82) is 5.26 Å². The fourth-order valence-electron chi connectivity index (χ4n) is 1.34. The molecule has 0 saturated carbocycles. The summed E-state index contributed by atoms with van der Waals surface area (Å²) in [7, 11) is 0. The molecule has 0 aliphatic rings. The van der Waals surface area contributed by atoms with Crippen molar-refractivity contribution in [2.75, 3.05) is 0 Å². The summed E-state index contributed by atoms with van der Waals surface area (Å²) in [6.07, 6.45) is 3.33. The third kappa shape index (κ3) is 2.86. The summed E-state index contributed by atoms with van der Waals surface area (Å²) in [5.41, 5.74) is 0.610.